The first-order valence-corrected chi connectivity index (χ1v) is 10.4. The zero-order chi connectivity index (χ0) is 22.4. The van der Waals surface area contributed by atoms with E-state index in [1.807, 2.05) is 36.4 Å². The Labute approximate surface area is 186 Å². The summed E-state index contributed by atoms with van der Waals surface area (Å²) in [7, 11) is 0. The largest absolute Gasteiger partial charge is 0.336 e. The molecule has 6 rings (SSSR count). The van der Waals surface area contributed by atoms with Gasteiger partial charge >= 0.3 is 0 Å². The molecule has 0 amide bonds. The summed E-state index contributed by atoms with van der Waals surface area (Å²) in [5, 5.41) is 8.19. The van der Waals surface area contributed by atoms with Crippen molar-refractivity contribution in [1.82, 2.24) is 29.7 Å². The molecule has 0 aliphatic carbocycles. The Hall–Kier alpha value is -4.59. The van der Waals surface area contributed by atoms with E-state index >= 15 is 4.39 Å². The van der Waals surface area contributed by atoms with Crippen molar-refractivity contribution in [3.8, 4) is 22.5 Å². The van der Waals surface area contributed by atoms with Gasteiger partial charge in [-0.2, -0.15) is 5.10 Å². The number of aromatic amines is 2. The summed E-state index contributed by atoms with van der Waals surface area (Å²) in [6.45, 7) is 0.149. The quantitative estimate of drug-likeness (QED) is 0.425. The first-order valence-electron chi connectivity index (χ1n) is 10.4. The van der Waals surface area contributed by atoms with Crippen LogP contribution in [0.1, 0.15) is 5.56 Å². The lowest BCUT2D eigenvalue weighted by Gasteiger charge is -2.10. The number of pyridine rings is 2. The number of fused-ring (bicyclic) bond motifs is 2. The Morgan fingerprint density at radius 2 is 1.94 bits per heavy atom. The van der Waals surface area contributed by atoms with E-state index in [1.165, 1.54) is 10.6 Å². The van der Waals surface area contributed by atoms with Gasteiger partial charge in [0.15, 0.2) is 5.65 Å². The number of halogens is 1. The molecule has 4 aromatic heterocycles. The van der Waals surface area contributed by atoms with Gasteiger partial charge in [0.05, 0.1) is 23.8 Å². The number of H-pyrrole nitrogens is 2. The topological polar surface area (TPSA) is 92.2 Å². The molecule has 0 unspecified atom stereocenters. The van der Waals surface area contributed by atoms with Crippen molar-refractivity contribution in [2.75, 3.05) is 0 Å². The minimum absolute atomic E-state index is 0.142. The van der Waals surface area contributed by atoms with Crippen LogP contribution in [0.25, 0.3) is 44.5 Å². The van der Waals surface area contributed by atoms with Gasteiger partial charge in [-0.05, 0) is 35.2 Å². The van der Waals surface area contributed by atoms with Gasteiger partial charge in [-0.15, -0.1) is 0 Å². The molecule has 4 heterocycles. The molecule has 0 aliphatic heterocycles. The fourth-order valence-electron chi connectivity index (χ4n) is 4.05. The fourth-order valence-corrected chi connectivity index (χ4v) is 4.05. The highest BCUT2D eigenvalue weighted by molar-refractivity contribution is 5.91. The summed E-state index contributed by atoms with van der Waals surface area (Å²) >= 11 is 0. The second-order valence-electron chi connectivity index (χ2n) is 7.77. The molecule has 0 fully saturated rings. The Kier molecular flexibility index (Phi) is 4.36. The number of rotatable bonds is 4. The van der Waals surface area contributed by atoms with E-state index in [1.54, 1.807) is 36.9 Å². The second kappa shape index (κ2) is 7.52. The van der Waals surface area contributed by atoms with E-state index in [4.69, 9.17) is 0 Å². The van der Waals surface area contributed by atoms with Gasteiger partial charge in [-0.25, -0.2) is 14.4 Å². The number of imidazole rings is 1. The number of aromatic nitrogens is 6. The fraction of sp³-hybridized carbons (Fsp3) is 0.0400. The van der Waals surface area contributed by atoms with Crippen molar-refractivity contribution in [3.63, 3.8) is 0 Å². The van der Waals surface area contributed by atoms with Crippen LogP contribution in [0, 0.1) is 5.82 Å². The van der Waals surface area contributed by atoms with E-state index in [-0.39, 0.29) is 17.9 Å². The van der Waals surface area contributed by atoms with E-state index in [2.05, 4.69) is 25.1 Å². The van der Waals surface area contributed by atoms with Crippen LogP contribution in [0.5, 0.6) is 0 Å². The number of benzene rings is 2. The van der Waals surface area contributed by atoms with E-state index in [0.717, 1.165) is 16.5 Å². The summed E-state index contributed by atoms with van der Waals surface area (Å²) in [5.74, 6) is 0.249. The highest BCUT2D eigenvalue weighted by Crippen LogP contribution is 2.29. The first-order chi connectivity index (χ1) is 16.2. The Morgan fingerprint density at radius 1 is 1.03 bits per heavy atom. The van der Waals surface area contributed by atoms with Gasteiger partial charge in [-0.1, -0.05) is 30.3 Å². The molecule has 2 aromatic carbocycles. The molecule has 0 saturated heterocycles. The van der Waals surface area contributed by atoms with Crippen LogP contribution in [0.2, 0.25) is 0 Å². The summed E-state index contributed by atoms with van der Waals surface area (Å²) in [5.41, 5.74) is 3.83. The molecule has 0 aliphatic rings. The molecule has 0 saturated carbocycles. The molecule has 8 heteroatoms. The Balaban J connectivity index is 1.37. The first kappa shape index (κ1) is 19.1. The third kappa shape index (κ3) is 3.28. The SMILES string of the molecule is O=c1c2ccccc2ccn1Cc1ccc(-c2ccnc3nc(-c4cn[nH]c4)[nH]c23)cc1F. The minimum atomic E-state index is -0.382. The molecular weight excluding hydrogens is 419 g/mol. The molecule has 0 atom stereocenters. The number of hydrogen-bond donors (Lipinski definition) is 2. The minimum Gasteiger partial charge on any atom is -0.336 e. The third-order valence-corrected chi connectivity index (χ3v) is 5.75. The summed E-state index contributed by atoms with van der Waals surface area (Å²) in [6.07, 6.45) is 6.76. The van der Waals surface area contributed by atoms with Gasteiger partial charge in [0.1, 0.15) is 11.6 Å². The van der Waals surface area contributed by atoms with Gasteiger partial charge in [-0.3, -0.25) is 9.89 Å². The maximum atomic E-state index is 15.1. The maximum Gasteiger partial charge on any atom is 0.258 e. The van der Waals surface area contributed by atoms with Crippen molar-refractivity contribution in [2.24, 2.45) is 0 Å². The zero-order valence-corrected chi connectivity index (χ0v) is 17.3. The number of nitrogens with zero attached hydrogens (tertiary/aromatic N) is 4. The normalized spacial score (nSPS) is 11.4. The molecule has 6 aromatic rings. The highest BCUT2D eigenvalue weighted by atomic mass is 19.1. The molecule has 33 heavy (non-hydrogen) atoms. The number of hydrogen-bond acceptors (Lipinski definition) is 4. The van der Waals surface area contributed by atoms with E-state index in [9.17, 15) is 4.79 Å². The lowest BCUT2D eigenvalue weighted by molar-refractivity contribution is 0.597. The van der Waals surface area contributed by atoms with Crippen molar-refractivity contribution in [3.05, 3.63) is 101 Å². The van der Waals surface area contributed by atoms with Crippen LogP contribution in [0.4, 0.5) is 4.39 Å². The average Bonchev–Trinajstić information content (AvgIpc) is 3.52. The maximum absolute atomic E-state index is 15.1. The van der Waals surface area contributed by atoms with E-state index < -0.39 is 0 Å². The second-order valence-corrected chi connectivity index (χ2v) is 7.77. The highest BCUT2D eigenvalue weighted by Gasteiger charge is 2.14. The predicted octanol–water partition coefficient (Wildman–Crippen LogP) is 4.52. The molecule has 2 N–H and O–H groups in total. The van der Waals surface area contributed by atoms with Crippen molar-refractivity contribution < 1.29 is 4.39 Å². The zero-order valence-electron chi connectivity index (χ0n) is 17.3. The van der Waals surface area contributed by atoms with Crippen LogP contribution >= 0.6 is 0 Å². The van der Waals surface area contributed by atoms with Crippen molar-refractivity contribution in [1.29, 1.82) is 0 Å². The van der Waals surface area contributed by atoms with Crippen LogP contribution in [0.15, 0.2) is 84.2 Å². The molecule has 7 nitrogen and oxygen atoms in total. The van der Waals surface area contributed by atoms with E-state index in [0.29, 0.717) is 33.5 Å². The average molecular weight is 436 g/mol. The molecular formula is C25H17FN6O. The summed E-state index contributed by atoms with van der Waals surface area (Å²) in [4.78, 5) is 24.9. The van der Waals surface area contributed by atoms with Gasteiger partial charge in [0.2, 0.25) is 0 Å². The molecule has 160 valence electrons. The standard InChI is InChI=1S/C25H17FN6O/c26-21-11-16(19-7-9-27-24-22(19)30-23(31-24)18-12-28-29-13-18)5-6-17(21)14-32-10-8-15-3-1-2-4-20(15)25(32)33/h1-13H,14H2,(H,28,29)(H,27,30,31). The number of nitrogens with one attached hydrogen (secondary N) is 2. The van der Waals surface area contributed by atoms with Gasteiger partial charge in [0.25, 0.3) is 5.56 Å². The summed E-state index contributed by atoms with van der Waals surface area (Å²) in [6, 6.07) is 16.1. The van der Waals surface area contributed by atoms with Crippen molar-refractivity contribution >= 4 is 21.9 Å². The molecule has 0 radical (unpaired) electrons. The monoisotopic (exact) mass is 436 g/mol. The van der Waals surface area contributed by atoms with Crippen molar-refractivity contribution in [2.45, 2.75) is 6.54 Å². The lowest BCUT2D eigenvalue weighted by atomic mass is 10.0. The summed E-state index contributed by atoms with van der Waals surface area (Å²) < 4.78 is 16.7. The Bertz CT molecular complexity index is 1680. The molecule has 0 bridgehead atoms. The smallest absolute Gasteiger partial charge is 0.258 e. The van der Waals surface area contributed by atoms with Gasteiger partial charge in [0, 0.05) is 35.1 Å². The predicted molar refractivity (Wildman–Crippen MR) is 124 cm³/mol. The van der Waals surface area contributed by atoms with Gasteiger partial charge < -0.3 is 9.55 Å². The Morgan fingerprint density at radius 3 is 2.79 bits per heavy atom. The van der Waals surface area contributed by atoms with Crippen LogP contribution in [-0.2, 0) is 6.54 Å². The molecule has 0 spiro atoms. The van der Waals surface area contributed by atoms with Crippen LogP contribution in [0.3, 0.4) is 0 Å². The third-order valence-electron chi connectivity index (χ3n) is 5.75. The van der Waals surface area contributed by atoms with Crippen LogP contribution in [-0.4, -0.2) is 29.7 Å². The lowest BCUT2D eigenvalue weighted by Crippen LogP contribution is -2.20. The van der Waals surface area contributed by atoms with Crippen LogP contribution < -0.4 is 5.56 Å².